The summed E-state index contributed by atoms with van der Waals surface area (Å²) in [5.41, 5.74) is 3.75. The Balaban J connectivity index is 2.02. The van der Waals surface area contributed by atoms with Crippen molar-refractivity contribution in [2.75, 3.05) is 11.5 Å². The molecule has 2 heteroatoms. The fraction of sp³-hybridized carbons (Fsp3) is 0.500. The average molecular weight is 234 g/mol. The molecule has 1 unspecified atom stereocenters. The highest BCUT2D eigenvalue weighted by Gasteiger charge is 2.22. The SMILES string of the molecule is Cc1ccc(CC(=O)C2CCSC2)cc1C. The van der Waals surface area contributed by atoms with Crippen molar-refractivity contribution in [2.45, 2.75) is 26.7 Å². The van der Waals surface area contributed by atoms with Crippen LogP contribution in [0.3, 0.4) is 0 Å². The molecule has 1 aliphatic heterocycles. The van der Waals surface area contributed by atoms with Gasteiger partial charge in [-0.1, -0.05) is 18.2 Å². The van der Waals surface area contributed by atoms with Crippen molar-refractivity contribution >= 4 is 17.5 Å². The molecule has 0 aliphatic carbocycles. The predicted octanol–water partition coefficient (Wildman–Crippen LogP) is 3.17. The molecule has 0 spiro atoms. The molecule has 2 rings (SSSR count). The van der Waals surface area contributed by atoms with Gasteiger partial charge in [-0.05, 0) is 42.7 Å². The molecule has 1 nitrogen and oxygen atoms in total. The molecule has 1 aliphatic rings. The van der Waals surface area contributed by atoms with E-state index in [1.807, 2.05) is 11.8 Å². The van der Waals surface area contributed by atoms with Crippen molar-refractivity contribution in [2.24, 2.45) is 5.92 Å². The lowest BCUT2D eigenvalue weighted by Gasteiger charge is -2.08. The van der Waals surface area contributed by atoms with Crippen LogP contribution < -0.4 is 0 Å². The highest BCUT2D eigenvalue weighted by atomic mass is 32.2. The van der Waals surface area contributed by atoms with E-state index in [2.05, 4.69) is 32.0 Å². The van der Waals surface area contributed by atoms with Gasteiger partial charge >= 0.3 is 0 Å². The first-order valence-electron chi connectivity index (χ1n) is 5.83. The van der Waals surface area contributed by atoms with Crippen LogP contribution in [0.4, 0.5) is 0 Å². The van der Waals surface area contributed by atoms with Gasteiger partial charge in [0.25, 0.3) is 0 Å². The number of benzene rings is 1. The Bertz CT molecular complexity index is 392. The number of rotatable bonds is 3. The number of ketones is 1. The van der Waals surface area contributed by atoms with Gasteiger partial charge in [0.1, 0.15) is 5.78 Å². The summed E-state index contributed by atoms with van der Waals surface area (Å²) in [4.78, 5) is 12.0. The molecule has 0 radical (unpaired) electrons. The van der Waals surface area contributed by atoms with Crippen molar-refractivity contribution in [1.29, 1.82) is 0 Å². The first kappa shape index (κ1) is 11.7. The molecular formula is C14H18OS. The molecule has 1 aromatic carbocycles. The third-order valence-corrected chi connectivity index (χ3v) is 4.50. The molecule has 1 aromatic rings. The number of carbonyl (C=O) groups excluding carboxylic acids is 1. The molecule has 0 N–H and O–H groups in total. The Morgan fingerprint density at radius 3 is 2.81 bits per heavy atom. The van der Waals surface area contributed by atoms with Gasteiger partial charge in [-0.25, -0.2) is 0 Å². The summed E-state index contributed by atoms with van der Waals surface area (Å²) in [5.74, 6) is 2.92. The Hall–Kier alpha value is -0.760. The van der Waals surface area contributed by atoms with Crippen LogP contribution in [0.15, 0.2) is 18.2 Å². The van der Waals surface area contributed by atoms with Crippen LogP contribution in [-0.4, -0.2) is 17.3 Å². The van der Waals surface area contributed by atoms with Gasteiger partial charge in [0.2, 0.25) is 0 Å². The van der Waals surface area contributed by atoms with E-state index in [0.29, 0.717) is 18.1 Å². The third kappa shape index (κ3) is 2.67. The fourth-order valence-electron chi connectivity index (χ4n) is 2.05. The second-order valence-corrected chi connectivity index (χ2v) is 5.77. The van der Waals surface area contributed by atoms with Crippen LogP contribution in [0.5, 0.6) is 0 Å². The molecule has 1 fully saturated rings. The van der Waals surface area contributed by atoms with Crippen molar-refractivity contribution in [3.05, 3.63) is 34.9 Å². The minimum atomic E-state index is 0.312. The van der Waals surface area contributed by atoms with Crippen LogP contribution in [-0.2, 0) is 11.2 Å². The number of hydrogen-bond acceptors (Lipinski definition) is 2. The number of Topliss-reactive ketones (excluding diaryl/α,β-unsaturated/α-hetero) is 1. The molecule has 0 aromatic heterocycles. The molecule has 86 valence electrons. The molecule has 1 saturated heterocycles. The number of hydrogen-bond donors (Lipinski definition) is 0. The Morgan fingerprint density at radius 1 is 1.38 bits per heavy atom. The van der Waals surface area contributed by atoms with E-state index in [9.17, 15) is 4.79 Å². The van der Waals surface area contributed by atoms with Crippen LogP contribution in [0, 0.1) is 19.8 Å². The van der Waals surface area contributed by atoms with Crippen LogP contribution in [0.1, 0.15) is 23.1 Å². The zero-order valence-corrected chi connectivity index (χ0v) is 10.8. The van der Waals surface area contributed by atoms with E-state index in [1.54, 1.807) is 0 Å². The highest BCUT2D eigenvalue weighted by molar-refractivity contribution is 7.99. The summed E-state index contributed by atoms with van der Waals surface area (Å²) < 4.78 is 0. The van der Waals surface area contributed by atoms with E-state index >= 15 is 0 Å². The molecular weight excluding hydrogens is 216 g/mol. The van der Waals surface area contributed by atoms with Gasteiger partial charge in [-0.15, -0.1) is 0 Å². The second-order valence-electron chi connectivity index (χ2n) is 4.62. The Labute approximate surface area is 102 Å². The standard InChI is InChI=1S/C14H18OS/c1-10-3-4-12(7-11(10)2)8-14(15)13-5-6-16-9-13/h3-4,7,13H,5-6,8-9H2,1-2H3. The zero-order valence-electron chi connectivity index (χ0n) is 9.95. The van der Waals surface area contributed by atoms with Crippen LogP contribution in [0.2, 0.25) is 0 Å². The van der Waals surface area contributed by atoms with Gasteiger partial charge in [0.15, 0.2) is 0 Å². The summed E-state index contributed by atoms with van der Waals surface area (Å²) >= 11 is 1.91. The highest BCUT2D eigenvalue weighted by Crippen LogP contribution is 2.25. The minimum Gasteiger partial charge on any atom is -0.299 e. The van der Waals surface area contributed by atoms with Gasteiger partial charge < -0.3 is 0 Å². The maximum Gasteiger partial charge on any atom is 0.141 e. The number of thioether (sulfide) groups is 1. The molecule has 0 bridgehead atoms. The Morgan fingerprint density at radius 2 is 2.19 bits per heavy atom. The molecule has 16 heavy (non-hydrogen) atoms. The monoisotopic (exact) mass is 234 g/mol. The smallest absolute Gasteiger partial charge is 0.141 e. The summed E-state index contributed by atoms with van der Waals surface area (Å²) in [7, 11) is 0. The normalized spacial score (nSPS) is 20.0. The molecule has 0 amide bonds. The average Bonchev–Trinajstić information content (AvgIpc) is 2.77. The van der Waals surface area contributed by atoms with E-state index < -0.39 is 0 Å². The second kappa shape index (κ2) is 5.05. The predicted molar refractivity (Wildman–Crippen MR) is 70.1 cm³/mol. The summed E-state index contributed by atoms with van der Waals surface area (Å²) in [6.07, 6.45) is 1.70. The van der Waals surface area contributed by atoms with E-state index in [4.69, 9.17) is 0 Å². The lowest BCUT2D eigenvalue weighted by Crippen LogP contribution is -2.16. The number of carbonyl (C=O) groups is 1. The fourth-order valence-corrected chi connectivity index (χ4v) is 3.30. The van der Waals surface area contributed by atoms with Crippen molar-refractivity contribution < 1.29 is 4.79 Å². The largest absolute Gasteiger partial charge is 0.299 e. The van der Waals surface area contributed by atoms with Crippen molar-refractivity contribution in [3.63, 3.8) is 0 Å². The van der Waals surface area contributed by atoms with Crippen molar-refractivity contribution in [3.8, 4) is 0 Å². The lowest BCUT2D eigenvalue weighted by molar-refractivity contribution is -0.121. The van der Waals surface area contributed by atoms with Gasteiger partial charge in [0, 0.05) is 18.1 Å². The van der Waals surface area contributed by atoms with Gasteiger partial charge in [-0.3, -0.25) is 4.79 Å². The van der Waals surface area contributed by atoms with E-state index in [0.717, 1.165) is 17.9 Å². The zero-order chi connectivity index (χ0) is 11.5. The third-order valence-electron chi connectivity index (χ3n) is 3.33. The van der Waals surface area contributed by atoms with Crippen molar-refractivity contribution in [1.82, 2.24) is 0 Å². The summed E-state index contributed by atoms with van der Waals surface area (Å²) in [5, 5.41) is 0. The first-order valence-corrected chi connectivity index (χ1v) is 6.99. The van der Waals surface area contributed by atoms with Crippen LogP contribution >= 0.6 is 11.8 Å². The lowest BCUT2D eigenvalue weighted by atomic mass is 9.96. The minimum absolute atomic E-state index is 0.312. The summed E-state index contributed by atoms with van der Waals surface area (Å²) in [6.45, 7) is 4.21. The van der Waals surface area contributed by atoms with Gasteiger partial charge in [-0.2, -0.15) is 11.8 Å². The molecule has 1 heterocycles. The maximum atomic E-state index is 12.0. The topological polar surface area (TPSA) is 17.1 Å². The number of aryl methyl sites for hydroxylation is 2. The van der Waals surface area contributed by atoms with E-state index in [1.165, 1.54) is 16.7 Å². The maximum absolute atomic E-state index is 12.0. The summed E-state index contributed by atoms with van der Waals surface area (Å²) in [6, 6.07) is 6.35. The Kier molecular flexibility index (Phi) is 3.70. The van der Waals surface area contributed by atoms with Gasteiger partial charge in [0.05, 0.1) is 0 Å². The molecule has 1 atom stereocenters. The first-order chi connectivity index (χ1) is 7.66. The van der Waals surface area contributed by atoms with Crippen LogP contribution in [0.25, 0.3) is 0 Å². The molecule has 0 saturated carbocycles. The quantitative estimate of drug-likeness (QED) is 0.799. The van der Waals surface area contributed by atoms with E-state index in [-0.39, 0.29) is 0 Å².